The lowest BCUT2D eigenvalue weighted by atomic mass is 10.0. The minimum absolute atomic E-state index is 0. The van der Waals surface area contributed by atoms with Crippen molar-refractivity contribution in [3.63, 3.8) is 0 Å². The van der Waals surface area contributed by atoms with Crippen LogP contribution in [0.3, 0.4) is 0 Å². The highest BCUT2D eigenvalue weighted by molar-refractivity contribution is 7.94. The van der Waals surface area contributed by atoms with Crippen LogP contribution in [0.15, 0.2) is 23.4 Å². The maximum absolute atomic E-state index is 12.5. The molecule has 23 heavy (non-hydrogen) atoms. The van der Waals surface area contributed by atoms with Gasteiger partial charge in [0.25, 0.3) is 5.91 Å². The topological polar surface area (TPSA) is 69.0 Å². The smallest absolute Gasteiger partial charge is 0.258 e. The van der Waals surface area contributed by atoms with Gasteiger partial charge in [-0.25, -0.2) is 4.68 Å². The van der Waals surface area contributed by atoms with E-state index in [2.05, 4.69) is 15.4 Å². The number of aromatic nitrogens is 3. The second-order valence-corrected chi connectivity index (χ2v) is 6.25. The third-order valence-electron chi connectivity index (χ3n) is 3.80. The molecule has 1 aliphatic carbocycles. The molecule has 0 spiro atoms. The molecule has 2 aromatic rings. The average Bonchev–Trinajstić information content (AvgIpc) is 3.26. The molecule has 1 aliphatic rings. The second-order valence-electron chi connectivity index (χ2n) is 5.34. The van der Waals surface area contributed by atoms with Crippen LogP contribution in [-0.4, -0.2) is 27.8 Å². The van der Waals surface area contributed by atoms with Gasteiger partial charge in [0, 0.05) is 29.5 Å². The molecule has 1 saturated carbocycles. The van der Waals surface area contributed by atoms with Gasteiger partial charge in [0.15, 0.2) is 0 Å². The highest BCUT2D eigenvalue weighted by Gasteiger charge is 2.28. The number of amides is 1. The van der Waals surface area contributed by atoms with Crippen molar-refractivity contribution in [3.05, 3.63) is 35.2 Å². The second kappa shape index (κ2) is 7.14. The van der Waals surface area contributed by atoms with E-state index in [1.165, 1.54) is 41.5 Å². The van der Waals surface area contributed by atoms with Crippen molar-refractivity contribution in [1.29, 1.82) is 0 Å². The Balaban J connectivity index is 0.00000192. The van der Waals surface area contributed by atoms with Gasteiger partial charge in [-0.05, 0) is 42.9 Å². The van der Waals surface area contributed by atoms with Crippen molar-refractivity contribution in [1.82, 2.24) is 14.8 Å². The molecule has 7 heteroatoms. The summed E-state index contributed by atoms with van der Waals surface area (Å²) in [6, 6.07) is 3.92. The summed E-state index contributed by atoms with van der Waals surface area (Å²) in [5.74, 6) is 0.845. The van der Waals surface area contributed by atoms with Crippen molar-refractivity contribution < 1.29 is 8.98 Å². The minimum Gasteiger partial charge on any atom is -0.314 e. The van der Waals surface area contributed by atoms with E-state index in [1.807, 2.05) is 19.1 Å². The van der Waals surface area contributed by atoms with Gasteiger partial charge in [0.2, 0.25) is 5.95 Å². The fraction of sp³-hybridized carbons (Fsp3) is 0.438. The van der Waals surface area contributed by atoms with E-state index < -0.39 is 0 Å². The molecule has 1 N–H and O–H groups in total. The van der Waals surface area contributed by atoms with Crippen molar-refractivity contribution in [2.45, 2.75) is 38.0 Å². The number of aryl methyl sites for hydroxylation is 1. The Morgan fingerprint density at radius 2 is 2.17 bits per heavy atom. The van der Waals surface area contributed by atoms with Gasteiger partial charge in [0.1, 0.15) is 6.33 Å². The maximum atomic E-state index is 12.5. The highest BCUT2D eigenvalue weighted by atomic mass is 32.2. The fourth-order valence-corrected chi connectivity index (χ4v) is 3.18. The molecule has 0 atom stereocenters. The first-order valence-corrected chi connectivity index (χ1v) is 7.85. The van der Waals surface area contributed by atoms with E-state index in [1.54, 1.807) is 14.2 Å². The molecular weight excluding hydrogens is 312 g/mol. The monoisotopic (exact) mass is 334 g/mol. The molecule has 0 bridgehead atoms. The lowest BCUT2D eigenvalue weighted by molar-refractivity contribution is 0.102. The zero-order chi connectivity index (χ0) is 15.7. The van der Waals surface area contributed by atoms with Gasteiger partial charge in [-0.1, -0.05) is 13.5 Å². The summed E-state index contributed by atoms with van der Waals surface area (Å²) in [6.07, 6.45) is 3.83. The summed E-state index contributed by atoms with van der Waals surface area (Å²) in [7, 11) is 3.38. The highest BCUT2D eigenvalue weighted by Crippen LogP contribution is 2.45. The van der Waals surface area contributed by atoms with Crippen molar-refractivity contribution in [2.24, 2.45) is 7.05 Å². The number of carbonyl (C=O) groups is 1. The van der Waals surface area contributed by atoms with Gasteiger partial charge in [0.05, 0.1) is 7.11 Å². The Morgan fingerprint density at radius 3 is 2.74 bits per heavy atom. The SMILES string of the molecule is C.COSc1c(C2CC2)ccc(C(=O)Nc2ncnn2C)c1C. The molecule has 124 valence electrons. The summed E-state index contributed by atoms with van der Waals surface area (Å²) in [5, 5.41) is 6.73. The first-order chi connectivity index (χ1) is 10.6. The van der Waals surface area contributed by atoms with E-state index in [0.717, 1.165) is 10.5 Å². The van der Waals surface area contributed by atoms with E-state index in [0.29, 0.717) is 17.4 Å². The molecule has 3 rings (SSSR count). The molecule has 0 aliphatic heterocycles. The first kappa shape index (κ1) is 17.5. The number of nitrogens with one attached hydrogen (secondary N) is 1. The van der Waals surface area contributed by atoms with Crippen LogP contribution in [0.2, 0.25) is 0 Å². The normalized spacial score (nSPS) is 13.5. The number of rotatable bonds is 5. The van der Waals surface area contributed by atoms with Gasteiger partial charge in [-0.15, -0.1) is 0 Å². The van der Waals surface area contributed by atoms with Crippen LogP contribution in [0.5, 0.6) is 0 Å². The summed E-state index contributed by atoms with van der Waals surface area (Å²) in [4.78, 5) is 17.6. The van der Waals surface area contributed by atoms with Crippen LogP contribution in [-0.2, 0) is 11.2 Å². The summed E-state index contributed by atoms with van der Waals surface area (Å²) in [6.45, 7) is 1.96. The van der Waals surface area contributed by atoms with Crippen LogP contribution in [0.25, 0.3) is 0 Å². The number of anilines is 1. The number of benzene rings is 1. The summed E-state index contributed by atoms with van der Waals surface area (Å²) < 4.78 is 6.77. The Bertz CT molecular complexity index is 710. The fourth-order valence-electron chi connectivity index (χ4n) is 2.45. The molecular formula is C16H22N4O2S. The molecule has 0 radical (unpaired) electrons. The van der Waals surface area contributed by atoms with Gasteiger partial charge in [-0.3, -0.25) is 10.1 Å². The molecule has 0 unspecified atom stereocenters. The molecule has 0 saturated heterocycles. The van der Waals surface area contributed by atoms with Gasteiger partial charge < -0.3 is 4.18 Å². The Hall–Kier alpha value is -1.86. The third kappa shape index (κ3) is 3.56. The standard InChI is InChI=1S/C15H18N4O2S.CH4/c1-9-11(14(20)18-15-16-8-17-19(15)2)6-7-12(10-4-5-10)13(9)22-21-3;/h6-8,10H,4-5H2,1-3H3,(H,16,17,18,20);1H4. The molecule has 1 aromatic carbocycles. The van der Waals surface area contributed by atoms with E-state index in [4.69, 9.17) is 4.18 Å². The predicted molar refractivity (Wildman–Crippen MR) is 91.7 cm³/mol. The Kier molecular flexibility index (Phi) is 5.43. The van der Waals surface area contributed by atoms with Crippen LogP contribution >= 0.6 is 12.0 Å². The Labute approximate surface area is 140 Å². The van der Waals surface area contributed by atoms with Crippen molar-refractivity contribution in [3.8, 4) is 0 Å². The van der Waals surface area contributed by atoms with Crippen molar-refractivity contribution >= 4 is 23.9 Å². The van der Waals surface area contributed by atoms with Gasteiger partial charge >= 0.3 is 0 Å². The van der Waals surface area contributed by atoms with E-state index >= 15 is 0 Å². The first-order valence-electron chi connectivity index (χ1n) is 7.11. The van der Waals surface area contributed by atoms with Crippen LogP contribution < -0.4 is 5.32 Å². The number of hydrogen-bond acceptors (Lipinski definition) is 5. The zero-order valence-corrected chi connectivity index (χ0v) is 13.6. The van der Waals surface area contributed by atoms with Crippen LogP contribution in [0.4, 0.5) is 5.95 Å². The third-order valence-corrected chi connectivity index (χ3v) is 4.68. The quantitative estimate of drug-likeness (QED) is 0.847. The van der Waals surface area contributed by atoms with E-state index in [-0.39, 0.29) is 13.3 Å². The molecule has 6 nitrogen and oxygen atoms in total. The van der Waals surface area contributed by atoms with E-state index in [9.17, 15) is 4.79 Å². The lowest BCUT2D eigenvalue weighted by Crippen LogP contribution is -2.17. The largest absolute Gasteiger partial charge is 0.314 e. The summed E-state index contributed by atoms with van der Waals surface area (Å²) >= 11 is 1.33. The number of hydrogen-bond donors (Lipinski definition) is 1. The average molecular weight is 334 g/mol. The zero-order valence-electron chi connectivity index (χ0n) is 12.8. The molecule has 1 fully saturated rings. The summed E-state index contributed by atoms with van der Waals surface area (Å²) in [5.41, 5.74) is 2.85. The predicted octanol–water partition coefficient (Wildman–Crippen LogP) is 3.54. The molecule has 1 amide bonds. The lowest BCUT2D eigenvalue weighted by Gasteiger charge is -2.14. The Morgan fingerprint density at radius 1 is 1.43 bits per heavy atom. The molecule has 1 aromatic heterocycles. The number of nitrogens with zero attached hydrogens (tertiary/aromatic N) is 3. The number of carbonyl (C=O) groups excluding carboxylic acids is 1. The minimum atomic E-state index is -0.186. The van der Waals surface area contributed by atoms with Gasteiger partial charge in [-0.2, -0.15) is 10.1 Å². The molecule has 1 heterocycles. The van der Waals surface area contributed by atoms with Crippen LogP contribution in [0, 0.1) is 6.92 Å². The van der Waals surface area contributed by atoms with Crippen LogP contribution in [0.1, 0.15) is 47.7 Å². The maximum Gasteiger partial charge on any atom is 0.258 e. The van der Waals surface area contributed by atoms with Crippen molar-refractivity contribution in [2.75, 3.05) is 12.4 Å².